The summed E-state index contributed by atoms with van der Waals surface area (Å²) < 4.78 is 5.44. The molecule has 2 aliphatic rings. The number of carbonyl (C=O) groups excluding carboxylic acids is 1. The number of thioether (sulfide) groups is 1. The van der Waals surface area contributed by atoms with Gasteiger partial charge in [0, 0.05) is 31.9 Å². The van der Waals surface area contributed by atoms with E-state index in [-0.39, 0.29) is 5.91 Å². The van der Waals surface area contributed by atoms with Gasteiger partial charge in [-0.25, -0.2) is 0 Å². The van der Waals surface area contributed by atoms with E-state index >= 15 is 0 Å². The number of carbonyl (C=O) groups is 1. The summed E-state index contributed by atoms with van der Waals surface area (Å²) in [6, 6.07) is 9.81. The molecule has 0 radical (unpaired) electrons. The molecule has 4 rings (SSSR count). The molecular formula is C20H26N6O2S. The lowest BCUT2D eigenvalue weighted by Crippen LogP contribution is -2.37. The van der Waals surface area contributed by atoms with Crippen LogP contribution in [0.15, 0.2) is 35.5 Å². The first-order valence-corrected chi connectivity index (χ1v) is 11.1. The number of morpholine rings is 1. The van der Waals surface area contributed by atoms with Crippen LogP contribution in [0.2, 0.25) is 0 Å². The third-order valence-electron chi connectivity index (χ3n) is 4.96. The molecule has 3 heterocycles. The Balaban J connectivity index is 1.49. The second-order valence-corrected chi connectivity index (χ2v) is 8.00. The number of nitrogens with zero attached hydrogens (tertiary/aromatic N) is 5. The van der Waals surface area contributed by atoms with Gasteiger partial charge >= 0.3 is 0 Å². The molecule has 29 heavy (non-hydrogen) atoms. The largest absolute Gasteiger partial charge is 0.378 e. The zero-order valence-electron chi connectivity index (χ0n) is 16.4. The molecule has 0 bridgehead atoms. The van der Waals surface area contributed by atoms with Crippen LogP contribution >= 0.6 is 11.8 Å². The van der Waals surface area contributed by atoms with Crippen molar-refractivity contribution >= 4 is 35.3 Å². The quantitative estimate of drug-likeness (QED) is 0.722. The standard InChI is InChI=1S/C20H26N6O2S/c27-17(25-9-5-2-6-10-25)15-29-20-23-18(21-16-7-3-1-4-8-16)22-19(24-20)26-11-13-28-14-12-26/h1,3-4,7-8H,2,5-6,9-15H2,(H,21,22,23,24). The fourth-order valence-corrected chi connectivity index (χ4v) is 4.11. The Labute approximate surface area is 175 Å². The Kier molecular flexibility index (Phi) is 6.79. The number of para-hydroxylation sites is 1. The zero-order chi connectivity index (χ0) is 19.9. The summed E-state index contributed by atoms with van der Waals surface area (Å²) in [6.45, 7) is 4.51. The molecule has 0 saturated carbocycles. The van der Waals surface area contributed by atoms with Crippen LogP contribution in [-0.2, 0) is 9.53 Å². The van der Waals surface area contributed by atoms with Gasteiger partial charge in [0.1, 0.15) is 0 Å². The molecule has 1 N–H and O–H groups in total. The van der Waals surface area contributed by atoms with Crippen molar-refractivity contribution in [2.24, 2.45) is 0 Å². The van der Waals surface area contributed by atoms with Crippen LogP contribution in [0.5, 0.6) is 0 Å². The fraction of sp³-hybridized carbons (Fsp3) is 0.500. The lowest BCUT2D eigenvalue weighted by Gasteiger charge is -2.27. The lowest BCUT2D eigenvalue weighted by molar-refractivity contribution is -0.129. The van der Waals surface area contributed by atoms with Crippen LogP contribution < -0.4 is 10.2 Å². The number of rotatable bonds is 6. The van der Waals surface area contributed by atoms with Crippen molar-refractivity contribution in [1.29, 1.82) is 0 Å². The SMILES string of the molecule is O=C(CSc1nc(Nc2ccccc2)nc(N2CCOCC2)n1)N1CCCCC1. The molecule has 154 valence electrons. The second kappa shape index (κ2) is 9.89. The molecule has 0 spiro atoms. The summed E-state index contributed by atoms with van der Waals surface area (Å²) in [5.74, 6) is 1.60. The average molecular weight is 415 g/mol. The summed E-state index contributed by atoms with van der Waals surface area (Å²) in [4.78, 5) is 30.3. The highest BCUT2D eigenvalue weighted by atomic mass is 32.2. The van der Waals surface area contributed by atoms with E-state index in [2.05, 4.69) is 25.2 Å². The number of benzene rings is 1. The number of amides is 1. The van der Waals surface area contributed by atoms with Crippen LogP contribution in [-0.4, -0.2) is 70.9 Å². The minimum absolute atomic E-state index is 0.153. The van der Waals surface area contributed by atoms with Crippen LogP contribution in [0.3, 0.4) is 0 Å². The molecule has 2 saturated heterocycles. The van der Waals surface area contributed by atoms with Crippen molar-refractivity contribution < 1.29 is 9.53 Å². The highest BCUT2D eigenvalue weighted by molar-refractivity contribution is 7.99. The summed E-state index contributed by atoms with van der Waals surface area (Å²) >= 11 is 1.37. The predicted molar refractivity (Wildman–Crippen MR) is 114 cm³/mol. The molecule has 1 aromatic carbocycles. The van der Waals surface area contributed by atoms with Gasteiger partial charge < -0.3 is 19.9 Å². The van der Waals surface area contributed by atoms with Gasteiger partial charge in [-0.2, -0.15) is 15.0 Å². The topological polar surface area (TPSA) is 83.5 Å². The minimum atomic E-state index is 0.153. The van der Waals surface area contributed by atoms with Gasteiger partial charge in [-0.1, -0.05) is 30.0 Å². The normalized spacial score (nSPS) is 17.2. The van der Waals surface area contributed by atoms with E-state index in [1.807, 2.05) is 35.2 Å². The Morgan fingerprint density at radius 1 is 1.00 bits per heavy atom. The number of hydrogen-bond acceptors (Lipinski definition) is 8. The van der Waals surface area contributed by atoms with Gasteiger partial charge in [0.2, 0.25) is 17.8 Å². The van der Waals surface area contributed by atoms with Crippen LogP contribution in [0, 0.1) is 0 Å². The molecule has 1 aromatic heterocycles. The summed E-state index contributed by atoms with van der Waals surface area (Å²) in [5.41, 5.74) is 0.909. The van der Waals surface area contributed by atoms with E-state index in [1.165, 1.54) is 18.2 Å². The Morgan fingerprint density at radius 2 is 1.76 bits per heavy atom. The molecular weight excluding hydrogens is 388 g/mol. The number of hydrogen-bond donors (Lipinski definition) is 1. The van der Waals surface area contributed by atoms with E-state index in [0.29, 0.717) is 36.0 Å². The van der Waals surface area contributed by atoms with Crippen molar-refractivity contribution in [3.8, 4) is 0 Å². The Morgan fingerprint density at radius 3 is 2.52 bits per heavy atom. The monoisotopic (exact) mass is 414 g/mol. The van der Waals surface area contributed by atoms with Gasteiger partial charge in [-0.15, -0.1) is 0 Å². The number of piperidine rings is 1. The third-order valence-corrected chi connectivity index (χ3v) is 5.79. The molecule has 2 fully saturated rings. The maximum absolute atomic E-state index is 12.5. The smallest absolute Gasteiger partial charge is 0.233 e. The minimum Gasteiger partial charge on any atom is -0.378 e. The van der Waals surface area contributed by atoms with Gasteiger partial charge in [0.15, 0.2) is 5.16 Å². The van der Waals surface area contributed by atoms with Crippen LogP contribution in [0.25, 0.3) is 0 Å². The number of aromatic nitrogens is 3. The van der Waals surface area contributed by atoms with Crippen LogP contribution in [0.4, 0.5) is 17.6 Å². The average Bonchev–Trinajstić information content (AvgIpc) is 2.79. The highest BCUT2D eigenvalue weighted by Crippen LogP contribution is 2.22. The van der Waals surface area contributed by atoms with E-state index in [4.69, 9.17) is 4.74 Å². The summed E-state index contributed by atoms with van der Waals surface area (Å²) in [7, 11) is 0. The molecule has 0 atom stereocenters. The maximum Gasteiger partial charge on any atom is 0.233 e. The second-order valence-electron chi connectivity index (χ2n) is 7.06. The van der Waals surface area contributed by atoms with Crippen molar-refractivity contribution in [3.05, 3.63) is 30.3 Å². The molecule has 2 aliphatic heterocycles. The number of ether oxygens (including phenoxy) is 1. The Hall–Kier alpha value is -2.39. The number of likely N-dealkylation sites (tertiary alicyclic amines) is 1. The lowest BCUT2D eigenvalue weighted by atomic mass is 10.1. The number of anilines is 3. The maximum atomic E-state index is 12.5. The van der Waals surface area contributed by atoms with Gasteiger partial charge in [0.25, 0.3) is 0 Å². The zero-order valence-corrected chi connectivity index (χ0v) is 17.2. The fourth-order valence-electron chi connectivity index (χ4n) is 3.38. The first kappa shape index (κ1) is 19.9. The summed E-state index contributed by atoms with van der Waals surface area (Å²) in [5, 5.41) is 3.81. The van der Waals surface area contributed by atoms with E-state index < -0.39 is 0 Å². The van der Waals surface area contributed by atoms with Crippen molar-refractivity contribution in [3.63, 3.8) is 0 Å². The first-order chi connectivity index (χ1) is 14.3. The van der Waals surface area contributed by atoms with E-state index in [1.54, 1.807) is 0 Å². The van der Waals surface area contributed by atoms with E-state index in [9.17, 15) is 4.79 Å². The van der Waals surface area contributed by atoms with Crippen molar-refractivity contribution in [2.45, 2.75) is 24.4 Å². The van der Waals surface area contributed by atoms with Gasteiger partial charge in [-0.3, -0.25) is 4.79 Å². The van der Waals surface area contributed by atoms with Crippen LogP contribution in [0.1, 0.15) is 19.3 Å². The summed E-state index contributed by atoms with van der Waals surface area (Å²) in [6.07, 6.45) is 3.39. The highest BCUT2D eigenvalue weighted by Gasteiger charge is 2.20. The molecule has 1 amide bonds. The predicted octanol–water partition coefficient (Wildman–Crippen LogP) is 2.56. The van der Waals surface area contributed by atoms with E-state index in [0.717, 1.165) is 44.7 Å². The molecule has 0 unspecified atom stereocenters. The molecule has 0 aliphatic carbocycles. The van der Waals surface area contributed by atoms with Gasteiger partial charge in [-0.05, 0) is 31.4 Å². The Bertz CT molecular complexity index is 810. The number of nitrogens with one attached hydrogen (secondary N) is 1. The third kappa shape index (κ3) is 5.57. The molecule has 2 aromatic rings. The molecule has 8 nitrogen and oxygen atoms in total. The molecule has 9 heteroatoms. The first-order valence-electron chi connectivity index (χ1n) is 10.1. The van der Waals surface area contributed by atoms with Crippen molar-refractivity contribution in [1.82, 2.24) is 19.9 Å². The van der Waals surface area contributed by atoms with Gasteiger partial charge in [0.05, 0.1) is 19.0 Å². The van der Waals surface area contributed by atoms with Crippen molar-refractivity contribution in [2.75, 3.05) is 55.4 Å².